The zero-order chi connectivity index (χ0) is 13.0. The summed E-state index contributed by atoms with van der Waals surface area (Å²) in [5.74, 6) is 0. The highest BCUT2D eigenvalue weighted by molar-refractivity contribution is 6.41. The van der Waals surface area contributed by atoms with Gasteiger partial charge in [-0.25, -0.2) is 0 Å². The van der Waals surface area contributed by atoms with E-state index in [4.69, 9.17) is 34.8 Å². The molecule has 2 rings (SSSR count). The third-order valence-electron chi connectivity index (χ3n) is 2.08. The smallest absolute Gasteiger partial charge is 0.0935 e. The summed E-state index contributed by atoms with van der Waals surface area (Å²) in [5.41, 5.74) is 4.16. The van der Waals surface area contributed by atoms with Gasteiger partial charge in [0.15, 0.2) is 0 Å². The van der Waals surface area contributed by atoms with Crippen LogP contribution in [0.25, 0.3) is 0 Å². The van der Waals surface area contributed by atoms with Gasteiger partial charge < -0.3 is 0 Å². The maximum atomic E-state index is 6.00. The van der Waals surface area contributed by atoms with Gasteiger partial charge in [-0.1, -0.05) is 40.9 Å². The van der Waals surface area contributed by atoms with E-state index in [0.717, 1.165) is 5.56 Å². The van der Waals surface area contributed by atoms with Crippen molar-refractivity contribution >= 4 is 46.7 Å². The normalized spacial score (nSPS) is 10.8. The summed E-state index contributed by atoms with van der Waals surface area (Å²) in [4.78, 5) is 3.97. The van der Waals surface area contributed by atoms with Gasteiger partial charge in [-0.15, -0.1) is 0 Å². The Labute approximate surface area is 119 Å². The summed E-state index contributed by atoms with van der Waals surface area (Å²) < 4.78 is 0. The Bertz CT molecular complexity index is 547. The van der Waals surface area contributed by atoms with Crippen molar-refractivity contribution in [1.82, 2.24) is 4.98 Å². The number of rotatable bonds is 3. The highest BCUT2D eigenvalue weighted by atomic mass is 35.5. The van der Waals surface area contributed by atoms with Crippen LogP contribution in [0.3, 0.4) is 0 Å². The number of hydrogen-bond donors (Lipinski definition) is 1. The minimum atomic E-state index is 0.413. The lowest BCUT2D eigenvalue weighted by atomic mass is 10.3. The monoisotopic (exact) mass is 299 g/mol. The fourth-order valence-electron chi connectivity index (χ4n) is 1.27. The molecule has 0 spiro atoms. The number of hydrazone groups is 1. The molecule has 0 fully saturated rings. The lowest BCUT2D eigenvalue weighted by Gasteiger charge is -2.06. The van der Waals surface area contributed by atoms with E-state index in [1.54, 1.807) is 30.7 Å². The maximum Gasteiger partial charge on any atom is 0.0935 e. The van der Waals surface area contributed by atoms with Crippen molar-refractivity contribution in [3.63, 3.8) is 0 Å². The van der Waals surface area contributed by atoms with E-state index in [9.17, 15) is 0 Å². The van der Waals surface area contributed by atoms with Crippen LogP contribution >= 0.6 is 34.8 Å². The van der Waals surface area contributed by atoms with Crippen LogP contribution < -0.4 is 5.43 Å². The second-order valence-corrected chi connectivity index (χ2v) is 4.65. The van der Waals surface area contributed by atoms with Crippen LogP contribution in [0, 0.1) is 0 Å². The minimum absolute atomic E-state index is 0.413. The Morgan fingerprint density at radius 1 is 1.17 bits per heavy atom. The van der Waals surface area contributed by atoms with E-state index in [1.807, 2.05) is 12.1 Å². The minimum Gasteiger partial charge on any atom is -0.275 e. The molecule has 1 heterocycles. The summed E-state index contributed by atoms with van der Waals surface area (Å²) >= 11 is 17.8. The maximum absolute atomic E-state index is 6.00. The number of pyridine rings is 1. The molecular formula is C12H8Cl3N3. The molecule has 3 nitrogen and oxygen atoms in total. The second kappa shape index (κ2) is 6.05. The molecule has 0 saturated carbocycles. The Morgan fingerprint density at radius 3 is 2.50 bits per heavy atom. The predicted octanol–water partition coefficient (Wildman–Crippen LogP) is 4.49. The number of nitrogens with one attached hydrogen (secondary N) is 1. The van der Waals surface area contributed by atoms with Crippen LogP contribution in [0.15, 0.2) is 41.8 Å². The molecule has 6 heteroatoms. The van der Waals surface area contributed by atoms with Crippen molar-refractivity contribution in [3.05, 3.63) is 57.3 Å². The molecule has 0 unspecified atom stereocenters. The highest BCUT2D eigenvalue weighted by Gasteiger charge is 2.06. The summed E-state index contributed by atoms with van der Waals surface area (Å²) in [6.07, 6.45) is 5.00. The van der Waals surface area contributed by atoms with Gasteiger partial charge in [0.05, 0.1) is 21.9 Å². The zero-order valence-corrected chi connectivity index (χ0v) is 11.3. The molecule has 1 aromatic carbocycles. The number of hydrogen-bond acceptors (Lipinski definition) is 3. The molecule has 18 heavy (non-hydrogen) atoms. The lowest BCUT2D eigenvalue weighted by Crippen LogP contribution is -1.93. The first-order valence-electron chi connectivity index (χ1n) is 5.00. The van der Waals surface area contributed by atoms with Crippen molar-refractivity contribution in [2.75, 3.05) is 5.43 Å². The molecule has 0 aliphatic rings. The molecule has 0 saturated heterocycles. The number of benzene rings is 1. The summed E-state index contributed by atoms with van der Waals surface area (Å²) in [6.45, 7) is 0. The van der Waals surface area contributed by atoms with Gasteiger partial charge in [-0.2, -0.15) is 5.10 Å². The van der Waals surface area contributed by atoms with Gasteiger partial charge >= 0.3 is 0 Å². The van der Waals surface area contributed by atoms with Gasteiger partial charge in [0.2, 0.25) is 0 Å². The SMILES string of the molecule is Clc1cc(Cl)c(N/N=C\c2cccnc2)c(Cl)c1. The van der Waals surface area contributed by atoms with Crippen LogP contribution in [-0.2, 0) is 0 Å². The van der Waals surface area contributed by atoms with E-state index >= 15 is 0 Å². The molecule has 0 radical (unpaired) electrons. The molecule has 0 aliphatic heterocycles. The van der Waals surface area contributed by atoms with E-state index in [0.29, 0.717) is 20.8 Å². The second-order valence-electron chi connectivity index (χ2n) is 3.40. The average Bonchev–Trinajstić information content (AvgIpc) is 2.34. The number of aromatic nitrogens is 1. The quantitative estimate of drug-likeness (QED) is 0.670. The largest absolute Gasteiger partial charge is 0.275 e. The van der Waals surface area contributed by atoms with Crippen molar-refractivity contribution in [3.8, 4) is 0 Å². The van der Waals surface area contributed by atoms with Gasteiger partial charge in [-0.05, 0) is 18.2 Å². The van der Waals surface area contributed by atoms with Crippen LogP contribution in [0.5, 0.6) is 0 Å². The number of nitrogens with zero attached hydrogens (tertiary/aromatic N) is 2. The topological polar surface area (TPSA) is 37.3 Å². The zero-order valence-electron chi connectivity index (χ0n) is 9.07. The average molecular weight is 301 g/mol. The number of halogens is 3. The first-order chi connectivity index (χ1) is 8.66. The molecule has 1 aromatic heterocycles. The van der Waals surface area contributed by atoms with Gasteiger partial charge in [0.25, 0.3) is 0 Å². The molecular weight excluding hydrogens is 293 g/mol. The van der Waals surface area contributed by atoms with E-state index in [1.165, 1.54) is 0 Å². The molecule has 0 aliphatic carbocycles. The fraction of sp³-hybridized carbons (Fsp3) is 0. The number of anilines is 1. The summed E-state index contributed by atoms with van der Waals surface area (Å²) in [7, 11) is 0. The highest BCUT2D eigenvalue weighted by Crippen LogP contribution is 2.33. The Morgan fingerprint density at radius 2 is 1.89 bits per heavy atom. The Hall–Kier alpha value is -1.29. The first kappa shape index (κ1) is 13.1. The van der Waals surface area contributed by atoms with Gasteiger partial charge in [-0.3, -0.25) is 10.4 Å². The van der Waals surface area contributed by atoms with Crippen molar-refractivity contribution in [2.24, 2.45) is 5.10 Å². The summed E-state index contributed by atoms with van der Waals surface area (Å²) in [6, 6.07) is 6.89. The molecule has 92 valence electrons. The fourth-order valence-corrected chi connectivity index (χ4v) is 2.17. The first-order valence-corrected chi connectivity index (χ1v) is 6.14. The molecule has 0 atom stereocenters. The van der Waals surface area contributed by atoms with Crippen molar-refractivity contribution in [1.29, 1.82) is 0 Å². The molecule has 0 amide bonds. The van der Waals surface area contributed by atoms with Crippen LogP contribution in [0.1, 0.15) is 5.56 Å². The third-order valence-corrected chi connectivity index (χ3v) is 2.90. The van der Waals surface area contributed by atoms with Crippen molar-refractivity contribution in [2.45, 2.75) is 0 Å². The van der Waals surface area contributed by atoms with E-state index in [2.05, 4.69) is 15.5 Å². The molecule has 1 N–H and O–H groups in total. The molecule has 2 aromatic rings. The predicted molar refractivity (Wildman–Crippen MR) is 76.9 cm³/mol. The van der Waals surface area contributed by atoms with Crippen LogP contribution in [0.4, 0.5) is 5.69 Å². The summed E-state index contributed by atoms with van der Waals surface area (Å²) in [5, 5.41) is 5.34. The van der Waals surface area contributed by atoms with Crippen LogP contribution in [-0.4, -0.2) is 11.2 Å². The van der Waals surface area contributed by atoms with Crippen LogP contribution in [0.2, 0.25) is 15.1 Å². The lowest BCUT2D eigenvalue weighted by molar-refractivity contribution is 1.30. The van der Waals surface area contributed by atoms with Crippen molar-refractivity contribution < 1.29 is 0 Å². The molecule has 0 bridgehead atoms. The Kier molecular flexibility index (Phi) is 4.42. The van der Waals surface area contributed by atoms with E-state index < -0.39 is 0 Å². The Balaban J connectivity index is 2.14. The standard InChI is InChI=1S/C12H8Cl3N3/c13-9-4-10(14)12(11(15)5-9)18-17-7-8-2-1-3-16-6-8/h1-7,18H/b17-7-. The van der Waals surface area contributed by atoms with Gasteiger partial charge in [0.1, 0.15) is 0 Å². The third kappa shape index (κ3) is 3.35. The van der Waals surface area contributed by atoms with Gasteiger partial charge in [0, 0.05) is 23.0 Å². The van der Waals surface area contributed by atoms with E-state index in [-0.39, 0.29) is 0 Å².